The molecule has 0 aliphatic heterocycles. The van der Waals surface area contributed by atoms with Gasteiger partial charge in [-0.2, -0.15) is 0 Å². The quantitative estimate of drug-likeness (QED) is 0.889. The van der Waals surface area contributed by atoms with Crippen molar-refractivity contribution in [3.8, 4) is 0 Å². The van der Waals surface area contributed by atoms with Crippen LogP contribution in [0.5, 0.6) is 0 Å². The minimum atomic E-state index is -0.227. The van der Waals surface area contributed by atoms with Gasteiger partial charge in [-0.05, 0) is 54.3 Å². The maximum Gasteiger partial charge on any atom is 0.123 e. The highest BCUT2D eigenvalue weighted by atomic mass is 35.5. The SMILES string of the molecule is Cc1cc(Cl)ccc1C(N)Cc1ccc(F)cc1. The van der Waals surface area contributed by atoms with Crippen LogP contribution in [0.4, 0.5) is 4.39 Å². The number of rotatable bonds is 3. The summed E-state index contributed by atoms with van der Waals surface area (Å²) in [5.41, 5.74) is 9.36. The molecule has 2 aromatic rings. The molecule has 94 valence electrons. The van der Waals surface area contributed by atoms with E-state index in [0.29, 0.717) is 11.4 Å². The molecule has 0 saturated heterocycles. The van der Waals surface area contributed by atoms with E-state index in [4.69, 9.17) is 17.3 Å². The highest BCUT2D eigenvalue weighted by Crippen LogP contribution is 2.22. The van der Waals surface area contributed by atoms with Gasteiger partial charge in [0.2, 0.25) is 0 Å². The van der Waals surface area contributed by atoms with Gasteiger partial charge >= 0.3 is 0 Å². The smallest absolute Gasteiger partial charge is 0.123 e. The van der Waals surface area contributed by atoms with Crippen LogP contribution in [0.1, 0.15) is 22.7 Å². The van der Waals surface area contributed by atoms with Gasteiger partial charge in [0.15, 0.2) is 0 Å². The van der Waals surface area contributed by atoms with Gasteiger partial charge in [0.1, 0.15) is 5.82 Å². The van der Waals surface area contributed by atoms with E-state index in [9.17, 15) is 4.39 Å². The Morgan fingerprint density at radius 3 is 2.44 bits per heavy atom. The molecule has 1 atom stereocenters. The zero-order valence-corrected chi connectivity index (χ0v) is 10.9. The predicted octanol–water partition coefficient (Wildman–Crippen LogP) is 4.03. The third-order valence-corrected chi connectivity index (χ3v) is 3.24. The lowest BCUT2D eigenvalue weighted by Gasteiger charge is -2.15. The number of hydrogen-bond donors (Lipinski definition) is 1. The Morgan fingerprint density at radius 2 is 1.83 bits per heavy atom. The summed E-state index contributed by atoms with van der Waals surface area (Å²) >= 11 is 5.92. The fourth-order valence-corrected chi connectivity index (χ4v) is 2.27. The standard InChI is InChI=1S/C15H15ClFN/c1-10-8-12(16)4-7-14(10)15(18)9-11-2-5-13(17)6-3-11/h2-8,15H,9,18H2,1H3. The number of hydrogen-bond acceptors (Lipinski definition) is 1. The third kappa shape index (κ3) is 3.09. The van der Waals surface area contributed by atoms with Gasteiger partial charge in [-0.1, -0.05) is 29.8 Å². The van der Waals surface area contributed by atoms with Crippen LogP contribution in [-0.4, -0.2) is 0 Å². The molecule has 0 bridgehead atoms. The normalized spacial score (nSPS) is 12.4. The molecule has 0 aliphatic carbocycles. The lowest BCUT2D eigenvalue weighted by atomic mass is 9.96. The van der Waals surface area contributed by atoms with Crippen molar-refractivity contribution in [2.75, 3.05) is 0 Å². The Labute approximate surface area is 111 Å². The second-order valence-corrected chi connectivity index (χ2v) is 4.87. The maximum atomic E-state index is 12.8. The average Bonchev–Trinajstić information content (AvgIpc) is 2.32. The van der Waals surface area contributed by atoms with E-state index in [1.54, 1.807) is 12.1 Å². The van der Waals surface area contributed by atoms with Crippen molar-refractivity contribution in [1.82, 2.24) is 0 Å². The minimum absolute atomic E-state index is 0.104. The van der Waals surface area contributed by atoms with Gasteiger partial charge in [-0.15, -0.1) is 0 Å². The topological polar surface area (TPSA) is 26.0 Å². The molecule has 0 saturated carbocycles. The lowest BCUT2D eigenvalue weighted by molar-refractivity contribution is 0.625. The molecular formula is C15H15ClFN. The zero-order valence-electron chi connectivity index (χ0n) is 10.2. The van der Waals surface area contributed by atoms with Crippen molar-refractivity contribution in [1.29, 1.82) is 0 Å². The Morgan fingerprint density at radius 1 is 1.17 bits per heavy atom. The average molecular weight is 264 g/mol. The molecule has 0 aliphatic rings. The molecule has 0 radical (unpaired) electrons. The first kappa shape index (κ1) is 13.1. The van der Waals surface area contributed by atoms with E-state index < -0.39 is 0 Å². The first-order valence-electron chi connectivity index (χ1n) is 5.82. The van der Waals surface area contributed by atoms with Crippen LogP contribution in [0.2, 0.25) is 5.02 Å². The van der Waals surface area contributed by atoms with Crippen LogP contribution in [-0.2, 0) is 6.42 Å². The van der Waals surface area contributed by atoms with Crippen molar-refractivity contribution in [3.05, 3.63) is 70.0 Å². The number of benzene rings is 2. The van der Waals surface area contributed by atoms with E-state index in [1.807, 2.05) is 25.1 Å². The van der Waals surface area contributed by atoms with E-state index in [2.05, 4.69) is 0 Å². The highest BCUT2D eigenvalue weighted by Gasteiger charge is 2.10. The molecule has 2 N–H and O–H groups in total. The summed E-state index contributed by atoms with van der Waals surface area (Å²) in [6, 6.07) is 12.0. The Hall–Kier alpha value is -1.38. The van der Waals surface area contributed by atoms with Crippen LogP contribution >= 0.6 is 11.6 Å². The molecule has 0 spiro atoms. The molecule has 0 heterocycles. The summed E-state index contributed by atoms with van der Waals surface area (Å²) in [5.74, 6) is -0.227. The molecule has 0 aromatic heterocycles. The predicted molar refractivity (Wildman–Crippen MR) is 73.2 cm³/mol. The van der Waals surface area contributed by atoms with Crippen molar-refractivity contribution in [2.45, 2.75) is 19.4 Å². The van der Waals surface area contributed by atoms with E-state index in [1.165, 1.54) is 12.1 Å². The van der Waals surface area contributed by atoms with Gasteiger partial charge in [0.05, 0.1) is 0 Å². The Bertz CT molecular complexity index is 537. The van der Waals surface area contributed by atoms with Crippen LogP contribution in [0.3, 0.4) is 0 Å². The van der Waals surface area contributed by atoms with Crippen LogP contribution < -0.4 is 5.73 Å². The highest BCUT2D eigenvalue weighted by molar-refractivity contribution is 6.30. The van der Waals surface area contributed by atoms with Gasteiger partial charge < -0.3 is 5.73 Å². The van der Waals surface area contributed by atoms with Crippen LogP contribution in [0.15, 0.2) is 42.5 Å². The Kier molecular flexibility index (Phi) is 4.00. The molecule has 0 fully saturated rings. The summed E-state index contributed by atoms with van der Waals surface area (Å²) in [6.07, 6.45) is 0.683. The van der Waals surface area contributed by atoms with E-state index in [0.717, 1.165) is 16.7 Å². The molecule has 3 heteroatoms. The fourth-order valence-electron chi connectivity index (χ4n) is 2.04. The van der Waals surface area contributed by atoms with Gasteiger partial charge in [0.25, 0.3) is 0 Å². The summed E-state index contributed by atoms with van der Waals surface area (Å²) in [6.45, 7) is 1.99. The molecule has 1 unspecified atom stereocenters. The minimum Gasteiger partial charge on any atom is -0.324 e. The second kappa shape index (κ2) is 5.51. The molecule has 0 amide bonds. The summed E-state index contributed by atoms with van der Waals surface area (Å²) in [4.78, 5) is 0. The molecule has 18 heavy (non-hydrogen) atoms. The van der Waals surface area contributed by atoms with Crippen molar-refractivity contribution < 1.29 is 4.39 Å². The maximum absolute atomic E-state index is 12.8. The number of aryl methyl sites for hydroxylation is 1. The fraction of sp³-hybridized carbons (Fsp3) is 0.200. The zero-order chi connectivity index (χ0) is 13.1. The third-order valence-electron chi connectivity index (χ3n) is 3.00. The van der Waals surface area contributed by atoms with Gasteiger partial charge in [-0.3, -0.25) is 0 Å². The van der Waals surface area contributed by atoms with E-state index in [-0.39, 0.29) is 11.9 Å². The summed E-state index contributed by atoms with van der Waals surface area (Å²) in [5, 5.41) is 0.713. The first-order chi connectivity index (χ1) is 8.56. The summed E-state index contributed by atoms with van der Waals surface area (Å²) < 4.78 is 12.8. The van der Waals surface area contributed by atoms with E-state index >= 15 is 0 Å². The van der Waals surface area contributed by atoms with Crippen molar-refractivity contribution >= 4 is 11.6 Å². The number of halogens is 2. The van der Waals surface area contributed by atoms with Crippen molar-refractivity contribution in [2.24, 2.45) is 5.73 Å². The largest absolute Gasteiger partial charge is 0.324 e. The number of nitrogens with two attached hydrogens (primary N) is 1. The summed E-state index contributed by atoms with van der Waals surface area (Å²) in [7, 11) is 0. The Balaban J connectivity index is 2.16. The molecular weight excluding hydrogens is 249 g/mol. The monoisotopic (exact) mass is 263 g/mol. The molecule has 2 aromatic carbocycles. The van der Waals surface area contributed by atoms with Gasteiger partial charge in [0, 0.05) is 11.1 Å². The first-order valence-corrected chi connectivity index (χ1v) is 6.20. The van der Waals surface area contributed by atoms with Crippen LogP contribution in [0.25, 0.3) is 0 Å². The second-order valence-electron chi connectivity index (χ2n) is 4.44. The molecule has 1 nitrogen and oxygen atoms in total. The van der Waals surface area contributed by atoms with Crippen LogP contribution in [0, 0.1) is 12.7 Å². The van der Waals surface area contributed by atoms with Crippen molar-refractivity contribution in [3.63, 3.8) is 0 Å². The lowest BCUT2D eigenvalue weighted by Crippen LogP contribution is -2.14. The van der Waals surface area contributed by atoms with Gasteiger partial charge in [-0.25, -0.2) is 4.39 Å². The molecule has 2 rings (SSSR count).